The number of aliphatic carboxylic acids is 1. The number of hydrogen-bond acceptors (Lipinski definition) is 3. The van der Waals surface area contributed by atoms with Crippen LogP contribution in [0.3, 0.4) is 0 Å². The van der Waals surface area contributed by atoms with Crippen LogP contribution in [-0.2, 0) is 22.6 Å². The van der Waals surface area contributed by atoms with Gasteiger partial charge in [0.25, 0.3) is 0 Å². The summed E-state index contributed by atoms with van der Waals surface area (Å²) in [6, 6.07) is 18.9. The summed E-state index contributed by atoms with van der Waals surface area (Å²) in [5.41, 5.74) is 5.84. The molecule has 0 radical (unpaired) electrons. The van der Waals surface area contributed by atoms with Gasteiger partial charge in [-0.1, -0.05) is 49.4 Å². The second-order valence-corrected chi connectivity index (χ2v) is 9.49. The van der Waals surface area contributed by atoms with Gasteiger partial charge in [0, 0.05) is 12.0 Å². The Bertz CT molecular complexity index is 1200. The molecule has 3 aromatic carbocycles. The highest BCUT2D eigenvalue weighted by atomic mass is 19.1. The van der Waals surface area contributed by atoms with E-state index in [9.17, 15) is 14.3 Å². The molecule has 5 rings (SSSR count). The topological polar surface area (TPSA) is 55.8 Å². The molecule has 1 heterocycles. The van der Waals surface area contributed by atoms with Crippen LogP contribution in [0.15, 0.2) is 60.7 Å². The Morgan fingerprint density at radius 1 is 1.06 bits per heavy atom. The molecule has 3 atom stereocenters. The van der Waals surface area contributed by atoms with E-state index < -0.39 is 11.9 Å². The molecule has 0 bridgehead atoms. The van der Waals surface area contributed by atoms with E-state index in [1.807, 2.05) is 31.2 Å². The summed E-state index contributed by atoms with van der Waals surface area (Å²) < 4.78 is 25.8. The van der Waals surface area contributed by atoms with E-state index in [0.29, 0.717) is 23.8 Å². The lowest BCUT2D eigenvalue weighted by Gasteiger charge is -2.28. The van der Waals surface area contributed by atoms with Crippen LogP contribution in [0.5, 0.6) is 5.75 Å². The van der Waals surface area contributed by atoms with Gasteiger partial charge in [0.2, 0.25) is 0 Å². The van der Waals surface area contributed by atoms with E-state index in [1.165, 1.54) is 11.6 Å². The first-order valence-corrected chi connectivity index (χ1v) is 11.8. The third-order valence-electron chi connectivity index (χ3n) is 7.29. The fourth-order valence-electron chi connectivity index (χ4n) is 5.16. The molecule has 0 aromatic heterocycles. The van der Waals surface area contributed by atoms with E-state index in [1.54, 1.807) is 19.2 Å². The van der Waals surface area contributed by atoms with Gasteiger partial charge in [0.1, 0.15) is 11.6 Å². The van der Waals surface area contributed by atoms with Crippen LogP contribution >= 0.6 is 0 Å². The fraction of sp³-hybridized carbons (Fsp3) is 0.345. The second kappa shape index (κ2) is 9.22. The number of carboxylic acids is 1. The zero-order valence-electron chi connectivity index (χ0n) is 19.5. The quantitative estimate of drug-likeness (QED) is 0.436. The van der Waals surface area contributed by atoms with Crippen LogP contribution in [0.25, 0.3) is 11.1 Å². The molecule has 2 aliphatic rings. The minimum Gasteiger partial charge on any atom is -0.497 e. The van der Waals surface area contributed by atoms with Crippen molar-refractivity contribution in [3.8, 4) is 16.9 Å². The van der Waals surface area contributed by atoms with Gasteiger partial charge >= 0.3 is 5.97 Å². The van der Waals surface area contributed by atoms with Crippen LogP contribution in [-0.4, -0.2) is 18.2 Å². The van der Waals surface area contributed by atoms with E-state index in [2.05, 4.69) is 18.2 Å². The molecular weight excluding hydrogens is 431 g/mol. The van der Waals surface area contributed by atoms with Crippen molar-refractivity contribution in [2.75, 3.05) is 7.11 Å². The minimum atomic E-state index is -0.733. The number of carbonyl (C=O) groups is 1. The van der Waals surface area contributed by atoms with E-state index in [0.717, 1.165) is 41.5 Å². The molecule has 176 valence electrons. The van der Waals surface area contributed by atoms with Gasteiger partial charge in [-0.3, -0.25) is 4.79 Å². The maximum absolute atomic E-state index is 14.4. The lowest BCUT2D eigenvalue weighted by molar-refractivity contribution is -0.142. The normalized spacial score (nSPS) is 19.2. The molecule has 1 N–H and O–H groups in total. The number of rotatable bonds is 7. The molecule has 1 saturated carbocycles. The average molecular weight is 461 g/mol. The molecule has 2 unspecified atom stereocenters. The molecule has 0 amide bonds. The standard InChI is InChI=1S/C29H29FO4/c1-17(29(31)32)28(20-7-8-20)21-9-10-22-16-34-27(14-23(22)13-21)19-5-3-18(4-6-19)25-15-24(33-2)11-12-26(25)30/h3-6,9-13,15,17,20,27-28H,7-8,14,16H2,1-2H3,(H,31,32)/t17?,27-,28?/m1/s1. The van der Waals surface area contributed by atoms with Gasteiger partial charge in [-0.2, -0.15) is 0 Å². The summed E-state index contributed by atoms with van der Waals surface area (Å²) in [5, 5.41) is 9.62. The van der Waals surface area contributed by atoms with E-state index in [4.69, 9.17) is 9.47 Å². The van der Waals surface area contributed by atoms with Gasteiger partial charge in [0.15, 0.2) is 0 Å². The molecule has 0 spiro atoms. The zero-order chi connectivity index (χ0) is 23.8. The van der Waals surface area contributed by atoms with Gasteiger partial charge in [-0.05, 0) is 70.7 Å². The van der Waals surface area contributed by atoms with Crippen molar-refractivity contribution in [2.24, 2.45) is 11.8 Å². The number of ether oxygens (including phenoxy) is 2. The first-order valence-electron chi connectivity index (χ1n) is 11.8. The maximum atomic E-state index is 14.4. The highest BCUT2D eigenvalue weighted by Gasteiger charge is 2.39. The third-order valence-corrected chi connectivity index (χ3v) is 7.29. The predicted molar refractivity (Wildman–Crippen MR) is 128 cm³/mol. The van der Waals surface area contributed by atoms with Crippen LogP contribution < -0.4 is 4.74 Å². The van der Waals surface area contributed by atoms with E-state index in [-0.39, 0.29) is 17.8 Å². The molecule has 1 aliphatic carbocycles. The number of hydrogen-bond donors (Lipinski definition) is 1. The Kier molecular flexibility index (Phi) is 6.13. The molecule has 1 fully saturated rings. The molecule has 0 saturated heterocycles. The Hall–Kier alpha value is -3.18. The number of benzene rings is 3. The largest absolute Gasteiger partial charge is 0.497 e. The lowest BCUT2D eigenvalue weighted by atomic mass is 9.81. The monoisotopic (exact) mass is 460 g/mol. The molecule has 4 nitrogen and oxygen atoms in total. The molecular formula is C29H29FO4. The first-order chi connectivity index (χ1) is 16.4. The number of fused-ring (bicyclic) bond motifs is 1. The SMILES string of the molecule is COc1ccc(F)c(-c2ccc([C@H]3Cc4cc(C(C5CC5)C(C)C(=O)O)ccc4CO3)cc2)c1. The molecule has 5 heteroatoms. The number of carboxylic acid groups (broad SMARTS) is 1. The van der Waals surface area contributed by atoms with Crippen molar-refractivity contribution >= 4 is 5.97 Å². The van der Waals surface area contributed by atoms with Gasteiger partial charge in [-0.15, -0.1) is 0 Å². The summed E-state index contributed by atoms with van der Waals surface area (Å²) >= 11 is 0. The third kappa shape index (κ3) is 4.45. The summed E-state index contributed by atoms with van der Waals surface area (Å²) in [4.78, 5) is 11.7. The van der Waals surface area contributed by atoms with Crippen molar-refractivity contribution in [1.82, 2.24) is 0 Å². The van der Waals surface area contributed by atoms with Crippen molar-refractivity contribution in [2.45, 2.75) is 44.8 Å². The maximum Gasteiger partial charge on any atom is 0.306 e. The highest BCUT2D eigenvalue weighted by molar-refractivity contribution is 5.71. The number of halogens is 1. The lowest BCUT2D eigenvalue weighted by Crippen LogP contribution is -2.22. The minimum absolute atomic E-state index is 0.0566. The Morgan fingerprint density at radius 2 is 1.82 bits per heavy atom. The zero-order valence-corrected chi connectivity index (χ0v) is 19.5. The smallest absolute Gasteiger partial charge is 0.306 e. The summed E-state index contributed by atoms with van der Waals surface area (Å²) in [6.45, 7) is 2.35. The molecule has 1 aliphatic heterocycles. The Balaban J connectivity index is 1.37. The second-order valence-electron chi connectivity index (χ2n) is 9.49. The number of methoxy groups -OCH3 is 1. The van der Waals surface area contributed by atoms with Crippen LogP contribution in [0.4, 0.5) is 4.39 Å². The van der Waals surface area contributed by atoms with Crippen LogP contribution in [0, 0.1) is 17.7 Å². The van der Waals surface area contributed by atoms with Crippen molar-refractivity contribution < 1.29 is 23.8 Å². The Morgan fingerprint density at radius 3 is 2.50 bits per heavy atom. The average Bonchev–Trinajstić information content (AvgIpc) is 3.69. The van der Waals surface area contributed by atoms with Crippen molar-refractivity contribution in [3.63, 3.8) is 0 Å². The van der Waals surface area contributed by atoms with Gasteiger partial charge in [-0.25, -0.2) is 4.39 Å². The van der Waals surface area contributed by atoms with Crippen LogP contribution in [0.2, 0.25) is 0 Å². The van der Waals surface area contributed by atoms with Crippen molar-refractivity contribution in [3.05, 3.63) is 88.7 Å². The van der Waals surface area contributed by atoms with Gasteiger partial charge in [0.05, 0.1) is 25.7 Å². The summed E-state index contributed by atoms with van der Waals surface area (Å²) in [7, 11) is 1.57. The summed E-state index contributed by atoms with van der Waals surface area (Å²) in [5.74, 6) is -0.283. The van der Waals surface area contributed by atoms with Gasteiger partial charge < -0.3 is 14.6 Å². The van der Waals surface area contributed by atoms with Crippen LogP contribution in [0.1, 0.15) is 54.0 Å². The van der Waals surface area contributed by atoms with Crippen molar-refractivity contribution in [1.29, 1.82) is 0 Å². The first kappa shape index (κ1) is 22.6. The molecule has 34 heavy (non-hydrogen) atoms. The fourth-order valence-corrected chi connectivity index (χ4v) is 5.16. The predicted octanol–water partition coefficient (Wildman–Crippen LogP) is 6.53. The summed E-state index contributed by atoms with van der Waals surface area (Å²) in [6.07, 6.45) is 2.84. The Labute approximate surface area is 199 Å². The highest BCUT2D eigenvalue weighted by Crippen LogP contribution is 2.47. The molecule has 3 aromatic rings. The van der Waals surface area contributed by atoms with E-state index >= 15 is 0 Å².